The Morgan fingerprint density at radius 3 is 2.10 bits per heavy atom. The predicted octanol–water partition coefficient (Wildman–Crippen LogP) is 3.91. The van der Waals surface area contributed by atoms with Gasteiger partial charge in [-0.1, -0.05) is 66.7 Å². The van der Waals surface area contributed by atoms with E-state index in [1.54, 1.807) is 31.4 Å². The molecule has 0 aromatic heterocycles. The number of hydrogen-bond donors (Lipinski definition) is 2. The van der Waals surface area contributed by atoms with Gasteiger partial charge in [0.25, 0.3) is 5.91 Å². The smallest absolute Gasteiger partial charge is 0.251 e. The largest absolute Gasteiger partial charge is 0.496 e. The summed E-state index contributed by atoms with van der Waals surface area (Å²) in [6, 6.07) is 25.1. The van der Waals surface area contributed by atoms with Gasteiger partial charge in [0.2, 0.25) is 5.91 Å². The van der Waals surface area contributed by atoms with Crippen LogP contribution in [0.2, 0.25) is 0 Å². The van der Waals surface area contributed by atoms with Crippen molar-refractivity contribution < 1.29 is 14.3 Å². The van der Waals surface area contributed by atoms with Gasteiger partial charge in [-0.2, -0.15) is 0 Å². The lowest BCUT2D eigenvalue weighted by molar-refractivity contribution is -0.123. The SMILES string of the molecule is COc1ccccc1C(C)NC(=O)C(Cc1ccccc1)NC(=O)c1ccccc1. The summed E-state index contributed by atoms with van der Waals surface area (Å²) in [5.74, 6) is 0.177. The maximum atomic E-state index is 13.1. The highest BCUT2D eigenvalue weighted by Crippen LogP contribution is 2.24. The molecule has 0 saturated heterocycles. The van der Waals surface area contributed by atoms with Crippen molar-refractivity contribution in [1.29, 1.82) is 0 Å². The molecule has 5 heteroatoms. The first-order valence-corrected chi connectivity index (χ1v) is 9.91. The van der Waals surface area contributed by atoms with Crippen LogP contribution in [0, 0.1) is 0 Å². The molecular weight excluding hydrogens is 376 g/mol. The summed E-state index contributed by atoms with van der Waals surface area (Å²) in [7, 11) is 1.60. The van der Waals surface area contributed by atoms with Crippen LogP contribution in [-0.2, 0) is 11.2 Å². The number of carbonyl (C=O) groups is 2. The third kappa shape index (κ3) is 5.47. The predicted molar refractivity (Wildman–Crippen MR) is 117 cm³/mol. The van der Waals surface area contributed by atoms with Crippen molar-refractivity contribution in [3.63, 3.8) is 0 Å². The molecule has 5 nitrogen and oxygen atoms in total. The topological polar surface area (TPSA) is 67.4 Å². The van der Waals surface area contributed by atoms with E-state index in [9.17, 15) is 9.59 Å². The minimum atomic E-state index is -0.711. The number of methoxy groups -OCH3 is 1. The maximum Gasteiger partial charge on any atom is 0.251 e. The molecule has 0 radical (unpaired) electrons. The molecule has 0 aliphatic heterocycles. The third-order valence-electron chi connectivity index (χ3n) is 4.90. The van der Waals surface area contributed by atoms with E-state index in [1.807, 2.05) is 67.6 Å². The number of hydrogen-bond acceptors (Lipinski definition) is 3. The third-order valence-corrected chi connectivity index (χ3v) is 4.90. The molecule has 3 aromatic carbocycles. The van der Waals surface area contributed by atoms with Crippen molar-refractivity contribution in [2.45, 2.75) is 25.4 Å². The summed E-state index contributed by atoms with van der Waals surface area (Å²) in [6.07, 6.45) is 0.393. The number of amides is 2. The van der Waals surface area contributed by atoms with Crippen LogP contribution >= 0.6 is 0 Å². The summed E-state index contributed by atoms with van der Waals surface area (Å²) < 4.78 is 5.41. The number of para-hydroxylation sites is 1. The minimum absolute atomic E-state index is 0.249. The highest BCUT2D eigenvalue weighted by Gasteiger charge is 2.24. The van der Waals surface area contributed by atoms with Gasteiger partial charge in [0.1, 0.15) is 11.8 Å². The van der Waals surface area contributed by atoms with Gasteiger partial charge in [-0.25, -0.2) is 0 Å². The van der Waals surface area contributed by atoms with E-state index >= 15 is 0 Å². The molecular formula is C25H26N2O3. The zero-order valence-corrected chi connectivity index (χ0v) is 17.2. The molecule has 2 unspecified atom stereocenters. The fraction of sp³-hybridized carbons (Fsp3) is 0.200. The normalized spacial score (nSPS) is 12.5. The quantitative estimate of drug-likeness (QED) is 0.600. The van der Waals surface area contributed by atoms with Crippen molar-refractivity contribution in [3.05, 3.63) is 102 Å². The van der Waals surface area contributed by atoms with Crippen LogP contribution in [0.4, 0.5) is 0 Å². The van der Waals surface area contributed by atoms with Gasteiger partial charge in [-0.3, -0.25) is 9.59 Å². The second kappa shape index (κ2) is 10.3. The number of benzene rings is 3. The standard InChI is InChI=1S/C25H26N2O3/c1-18(21-15-9-10-16-23(21)30-2)26-25(29)22(17-19-11-5-3-6-12-19)27-24(28)20-13-7-4-8-14-20/h3-16,18,22H,17H2,1-2H3,(H,26,29)(H,27,28). The van der Waals surface area contributed by atoms with Gasteiger partial charge < -0.3 is 15.4 Å². The zero-order chi connectivity index (χ0) is 21.3. The fourth-order valence-electron chi connectivity index (χ4n) is 3.31. The Hall–Kier alpha value is -3.60. The average molecular weight is 402 g/mol. The van der Waals surface area contributed by atoms with Crippen molar-refractivity contribution in [2.24, 2.45) is 0 Å². The zero-order valence-electron chi connectivity index (χ0n) is 17.2. The van der Waals surface area contributed by atoms with Gasteiger partial charge in [-0.05, 0) is 30.7 Å². The first-order chi connectivity index (χ1) is 14.6. The summed E-state index contributed by atoms with van der Waals surface area (Å²) in [6.45, 7) is 1.90. The van der Waals surface area contributed by atoms with Gasteiger partial charge in [0.05, 0.1) is 13.2 Å². The monoisotopic (exact) mass is 402 g/mol. The highest BCUT2D eigenvalue weighted by molar-refractivity contribution is 5.97. The second-order valence-corrected chi connectivity index (χ2v) is 7.05. The molecule has 3 aromatic rings. The molecule has 3 rings (SSSR count). The molecule has 0 bridgehead atoms. The van der Waals surface area contributed by atoms with Crippen LogP contribution in [0.15, 0.2) is 84.9 Å². The van der Waals surface area contributed by atoms with E-state index in [-0.39, 0.29) is 17.9 Å². The van der Waals surface area contributed by atoms with Crippen LogP contribution in [0.3, 0.4) is 0 Å². The van der Waals surface area contributed by atoms with Crippen molar-refractivity contribution >= 4 is 11.8 Å². The Morgan fingerprint density at radius 1 is 0.833 bits per heavy atom. The van der Waals surface area contributed by atoms with E-state index in [4.69, 9.17) is 4.74 Å². The Labute approximate surface area is 177 Å². The van der Waals surface area contributed by atoms with Crippen LogP contribution in [0.5, 0.6) is 5.75 Å². The van der Waals surface area contributed by atoms with E-state index in [1.165, 1.54) is 0 Å². The van der Waals surface area contributed by atoms with Crippen molar-refractivity contribution in [3.8, 4) is 5.75 Å². The van der Waals surface area contributed by atoms with Crippen LogP contribution in [-0.4, -0.2) is 25.0 Å². The van der Waals surface area contributed by atoms with E-state index in [0.29, 0.717) is 17.7 Å². The van der Waals surface area contributed by atoms with Crippen molar-refractivity contribution in [2.75, 3.05) is 7.11 Å². The van der Waals surface area contributed by atoms with E-state index in [2.05, 4.69) is 10.6 Å². The Bertz CT molecular complexity index is 974. The lowest BCUT2D eigenvalue weighted by atomic mass is 10.0. The highest BCUT2D eigenvalue weighted by atomic mass is 16.5. The van der Waals surface area contributed by atoms with Crippen LogP contribution in [0.1, 0.15) is 34.5 Å². The molecule has 0 spiro atoms. The Balaban J connectivity index is 1.78. The van der Waals surface area contributed by atoms with Gasteiger partial charge in [0, 0.05) is 17.5 Å². The minimum Gasteiger partial charge on any atom is -0.496 e. The molecule has 30 heavy (non-hydrogen) atoms. The van der Waals surface area contributed by atoms with E-state index in [0.717, 1.165) is 11.1 Å². The van der Waals surface area contributed by atoms with Crippen LogP contribution in [0.25, 0.3) is 0 Å². The molecule has 0 aliphatic carbocycles. The molecule has 0 saturated carbocycles. The first-order valence-electron chi connectivity index (χ1n) is 9.91. The number of rotatable bonds is 8. The molecule has 2 amide bonds. The first kappa shape index (κ1) is 21.1. The number of ether oxygens (including phenoxy) is 1. The summed E-state index contributed by atoms with van der Waals surface area (Å²) in [5, 5.41) is 5.90. The van der Waals surface area contributed by atoms with E-state index < -0.39 is 6.04 Å². The average Bonchev–Trinajstić information content (AvgIpc) is 2.79. The summed E-state index contributed by atoms with van der Waals surface area (Å²) in [4.78, 5) is 25.8. The molecule has 2 atom stereocenters. The molecule has 0 heterocycles. The van der Waals surface area contributed by atoms with Gasteiger partial charge >= 0.3 is 0 Å². The molecule has 154 valence electrons. The molecule has 0 fully saturated rings. The molecule has 2 N–H and O–H groups in total. The van der Waals surface area contributed by atoms with Crippen molar-refractivity contribution in [1.82, 2.24) is 10.6 Å². The Morgan fingerprint density at radius 2 is 1.43 bits per heavy atom. The maximum absolute atomic E-state index is 13.1. The fourth-order valence-corrected chi connectivity index (χ4v) is 3.31. The van der Waals surface area contributed by atoms with Gasteiger partial charge in [-0.15, -0.1) is 0 Å². The lowest BCUT2D eigenvalue weighted by Crippen LogP contribution is -2.48. The summed E-state index contributed by atoms with van der Waals surface area (Å²) >= 11 is 0. The number of nitrogens with one attached hydrogen (secondary N) is 2. The number of carbonyl (C=O) groups excluding carboxylic acids is 2. The second-order valence-electron chi connectivity index (χ2n) is 7.05. The van der Waals surface area contributed by atoms with Gasteiger partial charge in [0.15, 0.2) is 0 Å². The lowest BCUT2D eigenvalue weighted by Gasteiger charge is -2.23. The van der Waals surface area contributed by atoms with Crippen LogP contribution < -0.4 is 15.4 Å². The Kier molecular flexibility index (Phi) is 7.22. The summed E-state index contributed by atoms with van der Waals surface area (Å²) in [5.41, 5.74) is 2.36. The molecule has 0 aliphatic rings.